The maximum absolute atomic E-state index is 11.0. The lowest BCUT2D eigenvalue weighted by Crippen LogP contribution is -2.17. The van der Waals surface area contributed by atoms with E-state index in [-0.39, 0.29) is 5.78 Å². The van der Waals surface area contributed by atoms with Gasteiger partial charge in [0.25, 0.3) is 0 Å². The largest absolute Gasteiger partial charge is 0.323 e. The van der Waals surface area contributed by atoms with Crippen LogP contribution in [-0.2, 0) is 4.57 Å². The molecule has 0 aliphatic rings. The van der Waals surface area contributed by atoms with Gasteiger partial charge in [-0.05, 0) is 19.8 Å². The molecule has 0 aliphatic heterocycles. The third-order valence-corrected chi connectivity index (χ3v) is 3.18. The molecule has 0 saturated carbocycles. The van der Waals surface area contributed by atoms with E-state index in [4.69, 9.17) is 5.73 Å². The second-order valence-electron chi connectivity index (χ2n) is 2.41. The average molecular weight is 135 g/mol. The van der Waals surface area contributed by atoms with Crippen LogP contribution in [0.15, 0.2) is 0 Å². The van der Waals surface area contributed by atoms with Crippen molar-refractivity contribution in [1.29, 1.82) is 0 Å². The summed E-state index contributed by atoms with van der Waals surface area (Å²) in [6, 6.07) is 0. The molecule has 50 valence electrons. The molecule has 0 aromatic heterocycles. The van der Waals surface area contributed by atoms with E-state index in [0.717, 1.165) is 6.42 Å². The van der Waals surface area contributed by atoms with Crippen LogP contribution in [0.3, 0.4) is 0 Å². The Balaban J connectivity index is 3.82. The molecule has 0 spiro atoms. The minimum atomic E-state index is -1.98. The fourth-order valence-electron chi connectivity index (χ4n) is 0.440. The average Bonchev–Trinajstić information content (AvgIpc) is 1.62. The van der Waals surface area contributed by atoms with Gasteiger partial charge in [0.05, 0.1) is 12.9 Å². The molecule has 2 nitrogen and oxygen atoms in total. The normalized spacial score (nSPS) is 16.0. The van der Waals surface area contributed by atoms with Crippen molar-refractivity contribution < 1.29 is 4.57 Å². The molecule has 0 fully saturated rings. The molecule has 0 heterocycles. The summed E-state index contributed by atoms with van der Waals surface area (Å²) < 4.78 is 11.0. The first-order chi connectivity index (χ1) is 3.48. The summed E-state index contributed by atoms with van der Waals surface area (Å²) in [4.78, 5) is 0. The Morgan fingerprint density at radius 2 is 2.00 bits per heavy atom. The lowest BCUT2D eigenvalue weighted by Gasteiger charge is -2.12. The van der Waals surface area contributed by atoms with E-state index >= 15 is 0 Å². The maximum Gasteiger partial charge on any atom is 0.0976 e. The number of hydrogen-bond donors (Lipinski definition) is 1. The summed E-state index contributed by atoms with van der Waals surface area (Å²) in [5.74, 6) is -0.0949. The topological polar surface area (TPSA) is 43.1 Å². The van der Waals surface area contributed by atoms with E-state index in [1.807, 2.05) is 6.92 Å². The van der Waals surface area contributed by atoms with Crippen molar-refractivity contribution in [3.05, 3.63) is 0 Å². The molecule has 0 aromatic rings. The summed E-state index contributed by atoms with van der Waals surface area (Å²) >= 11 is 0. The molecule has 8 heavy (non-hydrogen) atoms. The lowest BCUT2D eigenvalue weighted by atomic mass is 10.5. The van der Waals surface area contributed by atoms with Gasteiger partial charge in [0.15, 0.2) is 0 Å². The van der Waals surface area contributed by atoms with Crippen molar-refractivity contribution >= 4 is 7.14 Å². The Morgan fingerprint density at radius 1 is 1.62 bits per heavy atom. The van der Waals surface area contributed by atoms with Crippen LogP contribution < -0.4 is 5.73 Å². The van der Waals surface area contributed by atoms with Crippen molar-refractivity contribution in [2.24, 2.45) is 5.73 Å². The van der Waals surface area contributed by atoms with E-state index < -0.39 is 7.14 Å². The molecule has 0 bridgehead atoms. The van der Waals surface area contributed by atoms with Crippen LogP contribution in [0.1, 0.15) is 13.3 Å². The highest BCUT2D eigenvalue weighted by Crippen LogP contribution is 2.40. The molecule has 1 atom stereocenters. The van der Waals surface area contributed by atoms with Crippen LogP contribution in [0.2, 0.25) is 0 Å². The monoisotopic (exact) mass is 135 g/mol. The van der Waals surface area contributed by atoms with Gasteiger partial charge in [-0.1, -0.05) is 6.92 Å². The zero-order valence-corrected chi connectivity index (χ0v) is 6.61. The number of hydrogen-bond acceptors (Lipinski definition) is 2. The van der Waals surface area contributed by atoms with E-state index in [1.165, 1.54) is 0 Å². The zero-order valence-electron chi connectivity index (χ0n) is 5.72. The van der Waals surface area contributed by atoms with E-state index in [2.05, 4.69) is 0 Å². The van der Waals surface area contributed by atoms with Crippen molar-refractivity contribution in [3.8, 4) is 0 Å². The zero-order chi connectivity index (χ0) is 6.78. The van der Waals surface area contributed by atoms with Crippen LogP contribution >= 0.6 is 7.14 Å². The Bertz CT molecular complexity index is 107. The molecule has 3 heteroatoms. The molecule has 0 radical (unpaired) electrons. The molecule has 0 saturated heterocycles. The van der Waals surface area contributed by atoms with E-state index in [1.54, 1.807) is 13.3 Å². The van der Waals surface area contributed by atoms with Gasteiger partial charge in [-0.25, -0.2) is 0 Å². The predicted octanol–water partition coefficient (Wildman–Crippen LogP) is 1.30. The predicted molar refractivity (Wildman–Crippen MR) is 37.7 cm³/mol. The second-order valence-corrected chi connectivity index (χ2v) is 5.94. The van der Waals surface area contributed by atoms with Gasteiger partial charge in [0, 0.05) is 0 Å². The first kappa shape index (κ1) is 8.19. The highest BCUT2D eigenvalue weighted by Gasteiger charge is 2.14. The molecule has 0 rings (SSSR count). The molecule has 2 N–H and O–H groups in total. The highest BCUT2D eigenvalue weighted by molar-refractivity contribution is 7.63. The quantitative estimate of drug-likeness (QED) is 0.580. The lowest BCUT2D eigenvalue weighted by molar-refractivity contribution is 0.570. The summed E-state index contributed by atoms with van der Waals surface area (Å²) in [6.45, 7) is 5.40. The van der Waals surface area contributed by atoms with Gasteiger partial charge in [-0.2, -0.15) is 0 Å². The SMILES string of the molecule is CCC(N)P(C)(C)=O. The van der Waals surface area contributed by atoms with Crippen LogP contribution in [0.25, 0.3) is 0 Å². The van der Waals surface area contributed by atoms with Crippen LogP contribution in [-0.4, -0.2) is 19.1 Å². The second kappa shape index (κ2) is 2.65. The molecule has 0 aromatic carbocycles. The standard InChI is InChI=1S/C5H14NOP/c1-4-5(6)8(2,3)7/h5H,4,6H2,1-3H3. The first-order valence-corrected chi connectivity index (χ1v) is 5.45. The van der Waals surface area contributed by atoms with Crippen LogP contribution in [0.5, 0.6) is 0 Å². The highest BCUT2D eigenvalue weighted by atomic mass is 31.2. The van der Waals surface area contributed by atoms with Crippen molar-refractivity contribution in [1.82, 2.24) is 0 Å². The van der Waals surface area contributed by atoms with Crippen LogP contribution in [0.4, 0.5) is 0 Å². The fourth-order valence-corrected chi connectivity index (χ4v) is 1.32. The van der Waals surface area contributed by atoms with Crippen molar-refractivity contribution in [2.45, 2.75) is 19.1 Å². The third-order valence-electron chi connectivity index (χ3n) is 1.22. The van der Waals surface area contributed by atoms with Gasteiger partial charge in [-0.3, -0.25) is 0 Å². The van der Waals surface area contributed by atoms with E-state index in [9.17, 15) is 4.57 Å². The van der Waals surface area contributed by atoms with Gasteiger partial charge < -0.3 is 10.3 Å². The third kappa shape index (κ3) is 2.49. The molecule has 1 unspecified atom stereocenters. The summed E-state index contributed by atoms with van der Waals surface area (Å²) in [5, 5.41) is 0. The van der Waals surface area contributed by atoms with Crippen LogP contribution in [0, 0.1) is 0 Å². The number of nitrogens with two attached hydrogens (primary N) is 1. The molecule has 0 amide bonds. The van der Waals surface area contributed by atoms with Gasteiger partial charge in [-0.15, -0.1) is 0 Å². The maximum atomic E-state index is 11.0. The molecular formula is C5H14NOP. The Morgan fingerprint density at radius 3 is 2.00 bits per heavy atom. The van der Waals surface area contributed by atoms with Gasteiger partial charge in [0.2, 0.25) is 0 Å². The van der Waals surface area contributed by atoms with Crippen molar-refractivity contribution in [2.75, 3.05) is 13.3 Å². The van der Waals surface area contributed by atoms with Gasteiger partial charge in [0.1, 0.15) is 0 Å². The van der Waals surface area contributed by atoms with Gasteiger partial charge >= 0.3 is 0 Å². The first-order valence-electron chi connectivity index (χ1n) is 2.78. The smallest absolute Gasteiger partial charge is 0.0976 e. The summed E-state index contributed by atoms with van der Waals surface area (Å²) in [7, 11) is -1.98. The minimum Gasteiger partial charge on any atom is -0.323 e. The Labute approximate surface area is 50.8 Å². The Hall–Kier alpha value is 0.190. The van der Waals surface area contributed by atoms with Crippen molar-refractivity contribution in [3.63, 3.8) is 0 Å². The fraction of sp³-hybridized carbons (Fsp3) is 1.00. The summed E-state index contributed by atoms with van der Waals surface area (Å²) in [5.41, 5.74) is 5.49. The Kier molecular flexibility index (Phi) is 2.72. The summed E-state index contributed by atoms with van der Waals surface area (Å²) in [6.07, 6.45) is 0.810. The van der Waals surface area contributed by atoms with E-state index in [0.29, 0.717) is 0 Å². The number of rotatable bonds is 2. The minimum absolute atomic E-state index is 0.0949. The molecule has 0 aliphatic carbocycles. The molecular weight excluding hydrogens is 121 g/mol.